The summed E-state index contributed by atoms with van der Waals surface area (Å²) in [7, 11) is 0. The number of para-hydroxylation sites is 1. The zero-order chi connectivity index (χ0) is 13.4. The molecule has 0 atom stereocenters. The predicted molar refractivity (Wildman–Crippen MR) is 73.9 cm³/mol. The summed E-state index contributed by atoms with van der Waals surface area (Å²) in [6.45, 7) is 7.15. The number of hydrogen-bond acceptors (Lipinski definition) is 2. The predicted octanol–water partition coefficient (Wildman–Crippen LogP) is 3.11. The normalized spacial score (nSPS) is 10.4. The minimum absolute atomic E-state index is 0.0537. The van der Waals surface area contributed by atoms with Gasteiger partial charge in [0.2, 0.25) is 0 Å². The molecule has 0 heterocycles. The molecule has 3 heteroatoms. The Kier molecular flexibility index (Phi) is 6.26. The number of amides is 1. The van der Waals surface area contributed by atoms with E-state index in [1.165, 1.54) is 0 Å². The van der Waals surface area contributed by atoms with Gasteiger partial charge in [-0.3, -0.25) is 4.79 Å². The third kappa shape index (κ3) is 4.78. The van der Waals surface area contributed by atoms with Crippen LogP contribution in [-0.4, -0.2) is 19.1 Å². The molecule has 1 amide bonds. The number of unbranched alkanes of at least 4 members (excludes halogenated alkanes) is 1. The number of nitrogens with one attached hydrogen (secondary N) is 1. The molecule has 0 aliphatic rings. The SMILES string of the molecule is CCCCNC(=O)COc1ccccc1C(C)C. The van der Waals surface area contributed by atoms with Crippen molar-refractivity contribution in [2.45, 2.75) is 39.5 Å². The zero-order valence-corrected chi connectivity index (χ0v) is 11.5. The number of benzene rings is 1. The molecule has 18 heavy (non-hydrogen) atoms. The second-order valence-corrected chi connectivity index (χ2v) is 4.68. The highest BCUT2D eigenvalue weighted by Gasteiger charge is 2.08. The van der Waals surface area contributed by atoms with Crippen molar-refractivity contribution in [2.24, 2.45) is 0 Å². The van der Waals surface area contributed by atoms with Gasteiger partial charge in [0, 0.05) is 6.54 Å². The maximum atomic E-state index is 11.5. The molecule has 0 aromatic heterocycles. The Hall–Kier alpha value is -1.51. The van der Waals surface area contributed by atoms with Crippen molar-refractivity contribution in [1.82, 2.24) is 5.32 Å². The largest absolute Gasteiger partial charge is 0.483 e. The first-order valence-corrected chi connectivity index (χ1v) is 6.63. The molecular formula is C15H23NO2. The first kappa shape index (κ1) is 14.6. The molecule has 0 unspecified atom stereocenters. The second kappa shape index (κ2) is 7.75. The number of rotatable bonds is 7. The van der Waals surface area contributed by atoms with E-state index in [1.54, 1.807) is 0 Å². The fourth-order valence-corrected chi connectivity index (χ4v) is 1.69. The lowest BCUT2D eigenvalue weighted by atomic mass is 10.0. The molecule has 0 bridgehead atoms. The highest BCUT2D eigenvalue weighted by atomic mass is 16.5. The Bertz CT molecular complexity index is 375. The molecule has 0 fully saturated rings. The Morgan fingerprint density at radius 1 is 1.33 bits per heavy atom. The van der Waals surface area contributed by atoms with E-state index in [9.17, 15) is 4.79 Å². The van der Waals surface area contributed by atoms with Crippen molar-refractivity contribution < 1.29 is 9.53 Å². The van der Waals surface area contributed by atoms with Crippen molar-refractivity contribution in [3.05, 3.63) is 29.8 Å². The average molecular weight is 249 g/mol. The summed E-state index contributed by atoms with van der Waals surface area (Å²) >= 11 is 0. The van der Waals surface area contributed by atoms with E-state index in [-0.39, 0.29) is 12.5 Å². The fourth-order valence-electron chi connectivity index (χ4n) is 1.69. The van der Waals surface area contributed by atoms with Crippen molar-refractivity contribution in [2.75, 3.05) is 13.2 Å². The number of hydrogen-bond donors (Lipinski definition) is 1. The van der Waals surface area contributed by atoms with Crippen LogP contribution in [0.25, 0.3) is 0 Å². The minimum Gasteiger partial charge on any atom is -0.483 e. The van der Waals surface area contributed by atoms with Crippen molar-refractivity contribution >= 4 is 5.91 Å². The van der Waals surface area contributed by atoms with E-state index in [4.69, 9.17) is 4.74 Å². The summed E-state index contributed by atoms with van der Waals surface area (Å²) in [5.41, 5.74) is 1.14. The van der Waals surface area contributed by atoms with Gasteiger partial charge in [0.05, 0.1) is 0 Å². The van der Waals surface area contributed by atoms with Crippen molar-refractivity contribution in [3.63, 3.8) is 0 Å². The molecule has 0 aliphatic carbocycles. The smallest absolute Gasteiger partial charge is 0.257 e. The maximum absolute atomic E-state index is 11.5. The number of carbonyl (C=O) groups excluding carboxylic acids is 1. The lowest BCUT2D eigenvalue weighted by Gasteiger charge is -2.13. The van der Waals surface area contributed by atoms with E-state index in [2.05, 4.69) is 26.1 Å². The Morgan fingerprint density at radius 3 is 2.72 bits per heavy atom. The molecule has 1 N–H and O–H groups in total. The molecule has 0 spiro atoms. The molecule has 3 nitrogen and oxygen atoms in total. The van der Waals surface area contributed by atoms with Crippen LogP contribution in [0.2, 0.25) is 0 Å². The van der Waals surface area contributed by atoms with E-state index in [0.29, 0.717) is 5.92 Å². The summed E-state index contributed by atoms with van der Waals surface area (Å²) in [4.78, 5) is 11.5. The molecule has 0 saturated carbocycles. The monoisotopic (exact) mass is 249 g/mol. The standard InChI is InChI=1S/C15H23NO2/c1-4-5-10-16-15(17)11-18-14-9-7-6-8-13(14)12(2)3/h6-9,12H,4-5,10-11H2,1-3H3,(H,16,17). The lowest BCUT2D eigenvalue weighted by Crippen LogP contribution is -2.29. The summed E-state index contributed by atoms with van der Waals surface area (Å²) in [6.07, 6.45) is 2.09. The van der Waals surface area contributed by atoms with Gasteiger partial charge in [-0.1, -0.05) is 45.4 Å². The quantitative estimate of drug-likeness (QED) is 0.754. The van der Waals surface area contributed by atoms with Crippen LogP contribution in [0.4, 0.5) is 0 Å². The van der Waals surface area contributed by atoms with Crippen molar-refractivity contribution in [1.29, 1.82) is 0 Å². The van der Waals surface area contributed by atoms with Gasteiger partial charge in [-0.15, -0.1) is 0 Å². The molecule has 1 aromatic rings. The van der Waals surface area contributed by atoms with Crippen LogP contribution in [-0.2, 0) is 4.79 Å². The van der Waals surface area contributed by atoms with Gasteiger partial charge in [-0.2, -0.15) is 0 Å². The zero-order valence-electron chi connectivity index (χ0n) is 11.5. The number of ether oxygens (including phenoxy) is 1. The summed E-state index contributed by atoms with van der Waals surface area (Å²) < 4.78 is 5.58. The third-order valence-electron chi connectivity index (χ3n) is 2.75. The minimum atomic E-state index is -0.0537. The van der Waals surface area contributed by atoms with Crippen LogP contribution >= 0.6 is 0 Å². The highest BCUT2D eigenvalue weighted by molar-refractivity contribution is 5.77. The van der Waals surface area contributed by atoms with Gasteiger partial charge in [0.25, 0.3) is 5.91 Å². The molecule has 0 aliphatic heterocycles. The van der Waals surface area contributed by atoms with Gasteiger partial charge >= 0.3 is 0 Å². The summed E-state index contributed by atoms with van der Waals surface area (Å²) in [6, 6.07) is 7.86. The van der Waals surface area contributed by atoms with Crippen LogP contribution in [0, 0.1) is 0 Å². The second-order valence-electron chi connectivity index (χ2n) is 4.68. The lowest BCUT2D eigenvalue weighted by molar-refractivity contribution is -0.123. The first-order valence-electron chi connectivity index (χ1n) is 6.63. The molecule has 0 saturated heterocycles. The molecule has 0 radical (unpaired) electrons. The third-order valence-corrected chi connectivity index (χ3v) is 2.75. The van der Waals surface area contributed by atoms with Crippen LogP contribution in [0.15, 0.2) is 24.3 Å². The highest BCUT2D eigenvalue weighted by Crippen LogP contribution is 2.25. The van der Waals surface area contributed by atoms with E-state index in [1.807, 2.05) is 24.3 Å². The Morgan fingerprint density at radius 2 is 2.06 bits per heavy atom. The van der Waals surface area contributed by atoms with Crippen LogP contribution in [0.5, 0.6) is 5.75 Å². The van der Waals surface area contributed by atoms with Gasteiger partial charge in [-0.25, -0.2) is 0 Å². The first-order chi connectivity index (χ1) is 8.65. The van der Waals surface area contributed by atoms with Gasteiger partial charge in [0.15, 0.2) is 6.61 Å². The van der Waals surface area contributed by atoms with Crippen LogP contribution < -0.4 is 10.1 Å². The summed E-state index contributed by atoms with van der Waals surface area (Å²) in [5, 5.41) is 2.84. The van der Waals surface area contributed by atoms with E-state index in [0.717, 1.165) is 30.7 Å². The summed E-state index contributed by atoms with van der Waals surface area (Å²) in [5.74, 6) is 1.14. The molecule has 1 aromatic carbocycles. The molecule has 100 valence electrons. The van der Waals surface area contributed by atoms with Gasteiger partial charge < -0.3 is 10.1 Å². The van der Waals surface area contributed by atoms with E-state index >= 15 is 0 Å². The van der Waals surface area contributed by atoms with Gasteiger partial charge in [-0.05, 0) is 24.0 Å². The average Bonchev–Trinajstić information content (AvgIpc) is 2.37. The topological polar surface area (TPSA) is 38.3 Å². The van der Waals surface area contributed by atoms with Crippen LogP contribution in [0.3, 0.4) is 0 Å². The van der Waals surface area contributed by atoms with Gasteiger partial charge in [0.1, 0.15) is 5.75 Å². The Balaban J connectivity index is 2.45. The fraction of sp³-hybridized carbons (Fsp3) is 0.533. The maximum Gasteiger partial charge on any atom is 0.257 e. The Labute approximate surface area is 110 Å². The van der Waals surface area contributed by atoms with Crippen molar-refractivity contribution in [3.8, 4) is 5.75 Å². The van der Waals surface area contributed by atoms with Crippen LogP contribution in [0.1, 0.15) is 45.1 Å². The van der Waals surface area contributed by atoms with E-state index < -0.39 is 0 Å². The number of carbonyl (C=O) groups is 1. The molecular weight excluding hydrogens is 226 g/mol. The molecule has 1 rings (SSSR count).